The van der Waals surface area contributed by atoms with Crippen molar-refractivity contribution < 1.29 is 14.3 Å². The number of ether oxygens (including phenoxy) is 2. The second kappa shape index (κ2) is 5.48. The minimum atomic E-state index is -0.0133. The zero-order valence-corrected chi connectivity index (χ0v) is 15.0. The second-order valence-electron chi connectivity index (χ2n) is 7.82. The van der Waals surface area contributed by atoms with E-state index in [-0.39, 0.29) is 23.3 Å². The maximum absolute atomic E-state index is 12.5. The lowest BCUT2D eigenvalue weighted by Crippen LogP contribution is -2.68. The molecule has 0 spiro atoms. The van der Waals surface area contributed by atoms with E-state index in [0.717, 1.165) is 25.0 Å². The average molecular weight is 329 g/mol. The van der Waals surface area contributed by atoms with Gasteiger partial charge in [-0.25, -0.2) is 0 Å². The number of nitrogens with zero attached hydrogens (tertiary/aromatic N) is 1. The second-order valence-corrected chi connectivity index (χ2v) is 7.82. The van der Waals surface area contributed by atoms with Crippen LogP contribution in [0, 0.1) is 11.8 Å². The summed E-state index contributed by atoms with van der Waals surface area (Å²) in [6, 6.07) is 7.21. The number of fused-ring (bicyclic) bond motifs is 2. The fourth-order valence-corrected chi connectivity index (χ4v) is 5.82. The van der Waals surface area contributed by atoms with Crippen molar-refractivity contribution in [2.45, 2.75) is 50.6 Å². The third-order valence-electron chi connectivity index (χ3n) is 6.86. The molecule has 0 radical (unpaired) electrons. The van der Waals surface area contributed by atoms with Crippen LogP contribution >= 0.6 is 0 Å². The molecule has 4 nitrogen and oxygen atoms in total. The SMILES string of the molecule is CCOC(=O)C1CC2C3Cc4cccc(OC)c4[C@@]2(C)CC1N3C. The van der Waals surface area contributed by atoms with Gasteiger partial charge in [-0.05, 0) is 50.8 Å². The number of likely N-dealkylation sites (N-methyl/N-ethyl adjacent to an activating group) is 1. The summed E-state index contributed by atoms with van der Waals surface area (Å²) in [5.74, 6) is 1.49. The summed E-state index contributed by atoms with van der Waals surface area (Å²) in [5, 5.41) is 0. The summed E-state index contributed by atoms with van der Waals surface area (Å²) >= 11 is 0. The summed E-state index contributed by atoms with van der Waals surface area (Å²) in [6.45, 7) is 4.74. The van der Waals surface area contributed by atoms with Gasteiger partial charge in [-0.3, -0.25) is 9.69 Å². The Morgan fingerprint density at radius 3 is 2.88 bits per heavy atom. The molecule has 5 atom stereocenters. The molecular formula is C20H27NO3. The van der Waals surface area contributed by atoms with Crippen molar-refractivity contribution in [3.8, 4) is 5.75 Å². The number of carbonyl (C=O) groups is 1. The minimum absolute atomic E-state index is 0.0133. The van der Waals surface area contributed by atoms with Crippen molar-refractivity contribution >= 4 is 5.97 Å². The molecule has 4 aliphatic rings. The van der Waals surface area contributed by atoms with E-state index in [4.69, 9.17) is 9.47 Å². The summed E-state index contributed by atoms with van der Waals surface area (Å²) in [5.41, 5.74) is 2.89. The molecule has 0 N–H and O–H groups in total. The van der Waals surface area contributed by atoms with Crippen LogP contribution in [0.15, 0.2) is 18.2 Å². The average Bonchev–Trinajstić information content (AvgIpc) is 2.57. The molecule has 2 aliphatic heterocycles. The first-order valence-electron chi connectivity index (χ1n) is 9.06. The van der Waals surface area contributed by atoms with E-state index in [9.17, 15) is 4.79 Å². The van der Waals surface area contributed by atoms with E-state index in [2.05, 4.69) is 37.1 Å². The standard InChI is InChI=1S/C20H27NO3/c1-5-24-19(22)13-10-14-15-9-12-7-6-8-17(23-4)18(12)20(14,2)11-16(13)21(15)3/h6-8,13-16H,5,9-11H2,1-4H3/t13?,14?,15?,16?,20-/m0/s1. The number of methoxy groups -OCH3 is 1. The van der Waals surface area contributed by atoms with Gasteiger partial charge in [0, 0.05) is 23.1 Å². The fraction of sp³-hybridized carbons (Fsp3) is 0.650. The van der Waals surface area contributed by atoms with Crippen molar-refractivity contribution in [2.75, 3.05) is 20.8 Å². The zero-order chi connectivity index (χ0) is 17.1. The largest absolute Gasteiger partial charge is 0.496 e. The van der Waals surface area contributed by atoms with E-state index in [1.807, 2.05) is 6.92 Å². The topological polar surface area (TPSA) is 38.8 Å². The molecule has 24 heavy (non-hydrogen) atoms. The number of piperidine rings is 2. The molecule has 2 aliphatic carbocycles. The molecule has 2 heterocycles. The number of hydrogen-bond acceptors (Lipinski definition) is 4. The summed E-state index contributed by atoms with van der Waals surface area (Å²) in [7, 11) is 3.96. The van der Waals surface area contributed by atoms with Gasteiger partial charge in [0.25, 0.3) is 0 Å². The highest BCUT2D eigenvalue weighted by Crippen LogP contribution is 2.59. The molecule has 1 aromatic carbocycles. The van der Waals surface area contributed by atoms with E-state index in [0.29, 0.717) is 18.6 Å². The first kappa shape index (κ1) is 15.9. The number of carbonyl (C=O) groups excluding carboxylic acids is 1. The molecule has 0 aromatic heterocycles. The van der Waals surface area contributed by atoms with Gasteiger partial charge < -0.3 is 9.47 Å². The lowest BCUT2D eigenvalue weighted by Gasteiger charge is -2.63. The molecule has 2 saturated heterocycles. The van der Waals surface area contributed by atoms with E-state index < -0.39 is 0 Å². The Morgan fingerprint density at radius 1 is 1.38 bits per heavy atom. The van der Waals surface area contributed by atoms with Crippen LogP contribution in [-0.2, 0) is 21.4 Å². The lowest BCUT2D eigenvalue weighted by atomic mass is 9.50. The normalized spacial score (nSPS) is 37.0. The Labute approximate surface area is 144 Å². The van der Waals surface area contributed by atoms with E-state index in [1.165, 1.54) is 11.1 Å². The van der Waals surface area contributed by atoms with Crippen molar-refractivity contribution in [2.24, 2.45) is 11.8 Å². The Morgan fingerprint density at radius 2 is 2.17 bits per heavy atom. The van der Waals surface area contributed by atoms with Crippen LogP contribution in [0.2, 0.25) is 0 Å². The smallest absolute Gasteiger partial charge is 0.310 e. The molecule has 4 heteroatoms. The zero-order valence-electron chi connectivity index (χ0n) is 15.0. The fourth-order valence-electron chi connectivity index (χ4n) is 5.82. The maximum atomic E-state index is 12.5. The molecular weight excluding hydrogens is 302 g/mol. The monoisotopic (exact) mass is 329 g/mol. The first-order chi connectivity index (χ1) is 11.5. The van der Waals surface area contributed by atoms with Crippen LogP contribution in [0.3, 0.4) is 0 Å². The molecule has 0 amide bonds. The van der Waals surface area contributed by atoms with Gasteiger partial charge in [-0.15, -0.1) is 0 Å². The minimum Gasteiger partial charge on any atom is -0.496 e. The number of benzene rings is 1. The first-order valence-corrected chi connectivity index (χ1v) is 9.06. The molecule has 1 saturated carbocycles. The van der Waals surface area contributed by atoms with Crippen LogP contribution in [0.1, 0.15) is 37.8 Å². The Bertz CT molecular complexity index is 673. The van der Waals surface area contributed by atoms with E-state index >= 15 is 0 Å². The molecule has 4 bridgehead atoms. The highest BCUT2D eigenvalue weighted by Gasteiger charge is 2.61. The van der Waals surface area contributed by atoms with Crippen molar-refractivity contribution in [1.29, 1.82) is 0 Å². The summed E-state index contributed by atoms with van der Waals surface area (Å²) in [6.07, 6.45) is 2.99. The quantitative estimate of drug-likeness (QED) is 0.800. The summed E-state index contributed by atoms with van der Waals surface area (Å²) < 4.78 is 11.1. The van der Waals surface area contributed by atoms with Crippen LogP contribution in [-0.4, -0.2) is 43.7 Å². The molecule has 5 rings (SSSR count). The number of esters is 1. The Balaban J connectivity index is 1.77. The van der Waals surface area contributed by atoms with Crippen molar-refractivity contribution in [3.05, 3.63) is 29.3 Å². The Kier molecular flexibility index (Phi) is 3.64. The van der Waals surface area contributed by atoms with E-state index in [1.54, 1.807) is 7.11 Å². The van der Waals surface area contributed by atoms with Gasteiger partial charge in [0.15, 0.2) is 0 Å². The molecule has 3 fully saturated rings. The highest BCUT2D eigenvalue weighted by atomic mass is 16.5. The third kappa shape index (κ3) is 1.98. The highest BCUT2D eigenvalue weighted by molar-refractivity contribution is 5.74. The number of rotatable bonds is 3. The van der Waals surface area contributed by atoms with Crippen molar-refractivity contribution in [3.63, 3.8) is 0 Å². The summed E-state index contributed by atoms with van der Waals surface area (Å²) in [4.78, 5) is 14.9. The van der Waals surface area contributed by atoms with Crippen LogP contribution < -0.4 is 4.74 Å². The van der Waals surface area contributed by atoms with Crippen molar-refractivity contribution in [1.82, 2.24) is 4.90 Å². The van der Waals surface area contributed by atoms with Crippen LogP contribution in [0.4, 0.5) is 0 Å². The predicted molar refractivity (Wildman–Crippen MR) is 92.2 cm³/mol. The maximum Gasteiger partial charge on any atom is 0.310 e. The van der Waals surface area contributed by atoms with Gasteiger partial charge >= 0.3 is 5.97 Å². The van der Waals surface area contributed by atoms with Gasteiger partial charge in [0.2, 0.25) is 0 Å². The molecule has 130 valence electrons. The van der Waals surface area contributed by atoms with Crippen LogP contribution in [0.5, 0.6) is 5.75 Å². The molecule has 1 aromatic rings. The lowest BCUT2D eigenvalue weighted by molar-refractivity contribution is -0.164. The van der Waals surface area contributed by atoms with Gasteiger partial charge in [-0.1, -0.05) is 19.1 Å². The number of hydrogen-bond donors (Lipinski definition) is 0. The van der Waals surface area contributed by atoms with Crippen LogP contribution in [0.25, 0.3) is 0 Å². The molecule has 4 unspecified atom stereocenters. The Hall–Kier alpha value is -1.55. The predicted octanol–water partition coefficient (Wildman–Crippen LogP) is 2.78. The third-order valence-corrected chi connectivity index (χ3v) is 6.86. The van der Waals surface area contributed by atoms with Gasteiger partial charge in [0.05, 0.1) is 19.6 Å². The van der Waals surface area contributed by atoms with Gasteiger partial charge in [0.1, 0.15) is 5.75 Å². The van der Waals surface area contributed by atoms with Gasteiger partial charge in [-0.2, -0.15) is 0 Å².